The molecule has 0 fully saturated rings. The van der Waals surface area contributed by atoms with Crippen LogP contribution in [0.25, 0.3) is 11.5 Å². The Morgan fingerprint density at radius 2 is 1.96 bits per heavy atom. The summed E-state index contributed by atoms with van der Waals surface area (Å²) in [6.07, 6.45) is 0. The van der Waals surface area contributed by atoms with Gasteiger partial charge in [0.1, 0.15) is 16.5 Å². The van der Waals surface area contributed by atoms with Crippen LogP contribution < -0.4 is 4.72 Å². The zero-order valence-corrected chi connectivity index (χ0v) is 13.8. The van der Waals surface area contributed by atoms with Crippen molar-refractivity contribution in [3.8, 4) is 11.5 Å². The lowest BCUT2D eigenvalue weighted by molar-refractivity contribution is 0.421. The summed E-state index contributed by atoms with van der Waals surface area (Å²) in [7, 11) is -4.08. The maximum absolute atomic E-state index is 13.7. The van der Waals surface area contributed by atoms with Crippen molar-refractivity contribution >= 4 is 10.0 Å². The molecule has 0 bridgehead atoms. The SMILES string of the molecule is Cc1ccc(F)c(S(=O)(=O)NCc2noc(-c3cccc(F)c3)n2)c1. The topological polar surface area (TPSA) is 85.1 Å². The monoisotopic (exact) mass is 365 g/mol. The second-order valence-electron chi connectivity index (χ2n) is 5.28. The number of nitrogens with one attached hydrogen (secondary N) is 1. The highest BCUT2D eigenvalue weighted by Crippen LogP contribution is 2.19. The van der Waals surface area contributed by atoms with E-state index in [1.54, 1.807) is 13.0 Å². The molecule has 3 rings (SSSR count). The van der Waals surface area contributed by atoms with Crippen LogP contribution in [0.15, 0.2) is 51.9 Å². The van der Waals surface area contributed by atoms with Crippen LogP contribution in [-0.2, 0) is 16.6 Å². The molecule has 0 saturated carbocycles. The number of benzene rings is 2. The van der Waals surface area contributed by atoms with E-state index in [1.165, 1.54) is 30.3 Å². The van der Waals surface area contributed by atoms with Gasteiger partial charge in [-0.3, -0.25) is 0 Å². The summed E-state index contributed by atoms with van der Waals surface area (Å²) >= 11 is 0. The molecule has 1 aromatic heterocycles. The van der Waals surface area contributed by atoms with Crippen molar-refractivity contribution in [2.45, 2.75) is 18.4 Å². The first kappa shape index (κ1) is 17.2. The Morgan fingerprint density at radius 1 is 1.16 bits per heavy atom. The first-order chi connectivity index (χ1) is 11.8. The molecule has 25 heavy (non-hydrogen) atoms. The fourth-order valence-corrected chi connectivity index (χ4v) is 3.26. The van der Waals surface area contributed by atoms with Crippen molar-refractivity contribution in [3.63, 3.8) is 0 Å². The number of hydrogen-bond acceptors (Lipinski definition) is 5. The molecule has 1 N–H and O–H groups in total. The lowest BCUT2D eigenvalue weighted by atomic mass is 10.2. The summed E-state index contributed by atoms with van der Waals surface area (Å²) in [5.74, 6) is -1.23. The van der Waals surface area contributed by atoms with Gasteiger partial charge in [0.2, 0.25) is 10.0 Å². The minimum Gasteiger partial charge on any atom is -0.334 e. The molecule has 6 nitrogen and oxygen atoms in total. The number of halogens is 2. The third-order valence-corrected chi connectivity index (χ3v) is 4.75. The van der Waals surface area contributed by atoms with Gasteiger partial charge in [-0.1, -0.05) is 17.3 Å². The van der Waals surface area contributed by atoms with E-state index in [9.17, 15) is 17.2 Å². The lowest BCUT2D eigenvalue weighted by Gasteiger charge is -2.06. The van der Waals surface area contributed by atoms with Crippen molar-refractivity contribution in [1.29, 1.82) is 0 Å². The molecule has 3 aromatic rings. The molecular weight excluding hydrogens is 352 g/mol. The van der Waals surface area contributed by atoms with Crippen LogP contribution in [0.1, 0.15) is 11.4 Å². The molecular formula is C16H13F2N3O3S. The van der Waals surface area contributed by atoms with Gasteiger partial charge >= 0.3 is 0 Å². The predicted molar refractivity (Wildman–Crippen MR) is 84.9 cm³/mol. The minimum absolute atomic E-state index is 0.0379. The Morgan fingerprint density at radius 3 is 2.72 bits per heavy atom. The van der Waals surface area contributed by atoms with Gasteiger partial charge in [0.15, 0.2) is 5.82 Å². The normalized spacial score (nSPS) is 11.6. The van der Waals surface area contributed by atoms with Gasteiger partial charge in [0.05, 0.1) is 6.54 Å². The second kappa shape index (κ2) is 6.69. The number of hydrogen-bond donors (Lipinski definition) is 1. The van der Waals surface area contributed by atoms with Crippen molar-refractivity contribution in [2.24, 2.45) is 0 Å². The van der Waals surface area contributed by atoms with Gasteiger partial charge in [-0.15, -0.1) is 0 Å². The van der Waals surface area contributed by atoms with E-state index in [4.69, 9.17) is 4.52 Å². The van der Waals surface area contributed by atoms with Crippen molar-refractivity contribution in [3.05, 3.63) is 65.5 Å². The zero-order chi connectivity index (χ0) is 18.0. The minimum atomic E-state index is -4.08. The number of sulfonamides is 1. The highest BCUT2D eigenvalue weighted by atomic mass is 32.2. The summed E-state index contributed by atoms with van der Waals surface area (Å²) in [6, 6.07) is 9.32. The average molecular weight is 365 g/mol. The summed E-state index contributed by atoms with van der Waals surface area (Å²) in [5.41, 5.74) is 0.973. The van der Waals surface area contributed by atoms with Crippen molar-refractivity contribution in [1.82, 2.24) is 14.9 Å². The second-order valence-corrected chi connectivity index (χ2v) is 7.02. The van der Waals surface area contributed by atoms with Crippen LogP contribution in [0, 0.1) is 18.6 Å². The van der Waals surface area contributed by atoms with Gasteiger partial charge < -0.3 is 4.52 Å². The smallest absolute Gasteiger partial charge is 0.258 e. The van der Waals surface area contributed by atoms with Crippen LogP contribution in [0.5, 0.6) is 0 Å². The van der Waals surface area contributed by atoms with Crippen LogP contribution in [0.3, 0.4) is 0 Å². The van der Waals surface area contributed by atoms with Crippen LogP contribution in [-0.4, -0.2) is 18.6 Å². The molecule has 9 heteroatoms. The van der Waals surface area contributed by atoms with Crippen molar-refractivity contribution in [2.75, 3.05) is 0 Å². The van der Waals surface area contributed by atoms with Gasteiger partial charge in [0.25, 0.3) is 5.89 Å². The van der Waals surface area contributed by atoms with Gasteiger partial charge in [-0.25, -0.2) is 21.9 Å². The molecule has 0 aliphatic heterocycles. The summed E-state index contributed by atoms with van der Waals surface area (Å²) in [6.45, 7) is 1.36. The first-order valence-electron chi connectivity index (χ1n) is 7.19. The van der Waals surface area contributed by atoms with Gasteiger partial charge in [0, 0.05) is 5.56 Å². The highest BCUT2D eigenvalue weighted by Gasteiger charge is 2.20. The number of aryl methyl sites for hydroxylation is 1. The quantitative estimate of drug-likeness (QED) is 0.751. The Bertz CT molecular complexity index is 1020. The summed E-state index contributed by atoms with van der Waals surface area (Å²) < 4.78 is 58.6. The molecule has 0 unspecified atom stereocenters. The van der Waals surface area contributed by atoms with E-state index < -0.39 is 26.6 Å². The Hall–Kier alpha value is -2.65. The fourth-order valence-electron chi connectivity index (χ4n) is 2.12. The van der Waals surface area contributed by atoms with E-state index in [1.807, 2.05) is 0 Å². The van der Waals surface area contributed by atoms with Gasteiger partial charge in [-0.2, -0.15) is 4.98 Å². The molecule has 130 valence electrons. The third-order valence-electron chi connectivity index (χ3n) is 3.34. The molecule has 2 aromatic carbocycles. The predicted octanol–water partition coefficient (Wildman–Crippen LogP) is 2.80. The molecule has 0 aliphatic carbocycles. The maximum atomic E-state index is 13.7. The fraction of sp³-hybridized carbons (Fsp3) is 0.125. The molecule has 0 saturated heterocycles. The third kappa shape index (κ3) is 3.89. The molecule has 0 aliphatic rings. The van der Waals surface area contributed by atoms with E-state index in [0.29, 0.717) is 11.1 Å². The zero-order valence-electron chi connectivity index (χ0n) is 13.0. The van der Waals surface area contributed by atoms with E-state index in [-0.39, 0.29) is 18.3 Å². The Labute approximate surface area is 142 Å². The van der Waals surface area contributed by atoms with E-state index in [2.05, 4.69) is 14.9 Å². The Balaban J connectivity index is 1.77. The molecule has 1 heterocycles. The van der Waals surface area contributed by atoms with Crippen LogP contribution in [0.2, 0.25) is 0 Å². The number of aromatic nitrogens is 2. The largest absolute Gasteiger partial charge is 0.334 e. The van der Waals surface area contributed by atoms with Crippen molar-refractivity contribution < 1.29 is 21.7 Å². The molecule has 0 atom stereocenters. The standard InChI is InChI=1S/C16H13F2N3O3S/c1-10-5-6-13(18)14(7-10)25(22,23)19-9-15-20-16(24-21-15)11-3-2-4-12(17)8-11/h2-8,19H,9H2,1H3. The van der Waals surface area contributed by atoms with Crippen LogP contribution in [0.4, 0.5) is 8.78 Å². The maximum Gasteiger partial charge on any atom is 0.258 e. The highest BCUT2D eigenvalue weighted by molar-refractivity contribution is 7.89. The van der Waals surface area contributed by atoms with Crippen LogP contribution >= 0.6 is 0 Å². The van der Waals surface area contributed by atoms with E-state index >= 15 is 0 Å². The molecule has 0 amide bonds. The summed E-state index contributed by atoms with van der Waals surface area (Å²) in [5, 5.41) is 3.63. The number of nitrogens with zero attached hydrogens (tertiary/aromatic N) is 2. The van der Waals surface area contributed by atoms with Gasteiger partial charge in [-0.05, 0) is 42.8 Å². The lowest BCUT2D eigenvalue weighted by Crippen LogP contribution is -2.24. The van der Waals surface area contributed by atoms with E-state index in [0.717, 1.165) is 6.07 Å². The average Bonchev–Trinajstić information content (AvgIpc) is 3.04. The first-order valence-corrected chi connectivity index (χ1v) is 8.68. The Kier molecular flexibility index (Phi) is 4.60. The molecule has 0 radical (unpaired) electrons. The number of rotatable bonds is 5. The summed E-state index contributed by atoms with van der Waals surface area (Å²) in [4.78, 5) is 3.54. The molecule has 0 spiro atoms.